The molecule has 2 rings (SSSR count). The summed E-state index contributed by atoms with van der Waals surface area (Å²) in [6.45, 7) is 5.37. The van der Waals surface area contributed by atoms with Crippen LogP contribution in [0.5, 0.6) is 5.75 Å². The summed E-state index contributed by atoms with van der Waals surface area (Å²) in [4.78, 5) is 9.00. The van der Waals surface area contributed by atoms with E-state index in [1.54, 1.807) is 18.2 Å². The molecule has 0 radical (unpaired) electrons. The smallest absolute Gasteiger partial charge is 0.300 e. The van der Waals surface area contributed by atoms with E-state index in [0.29, 0.717) is 0 Å². The number of carboxylic acid groups (broad SMARTS) is 1. The molecule has 0 unspecified atom stereocenters. The lowest BCUT2D eigenvalue weighted by atomic mass is 10.00. The minimum atomic E-state index is -0.833. The maximum atomic E-state index is 10.2. The number of hydrogen-bond donors (Lipinski definition) is 4. The lowest BCUT2D eigenvalue weighted by Crippen LogP contribution is -2.40. The number of aliphatic hydroxyl groups excluding tert-OH is 1. The van der Waals surface area contributed by atoms with E-state index in [-0.39, 0.29) is 17.3 Å². The predicted molar refractivity (Wildman–Crippen MR) is 76.6 cm³/mol. The second-order valence-electron chi connectivity index (χ2n) is 5.73. The van der Waals surface area contributed by atoms with E-state index in [4.69, 9.17) is 9.90 Å². The van der Waals surface area contributed by atoms with Crippen molar-refractivity contribution in [1.82, 2.24) is 5.32 Å². The molecule has 20 heavy (non-hydrogen) atoms. The zero-order chi connectivity index (χ0) is 15.3. The van der Waals surface area contributed by atoms with Crippen molar-refractivity contribution in [3.63, 3.8) is 0 Å². The number of phenols is 1. The number of benzene rings is 1. The Balaban J connectivity index is 0.000000444. The zero-order valence-corrected chi connectivity index (χ0v) is 12.1. The molecule has 1 heterocycles. The third kappa shape index (κ3) is 5.19. The fourth-order valence-electron chi connectivity index (χ4n) is 2.34. The quantitative estimate of drug-likeness (QED) is 0.666. The van der Waals surface area contributed by atoms with Crippen molar-refractivity contribution >= 4 is 5.97 Å². The van der Waals surface area contributed by atoms with Gasteiger partial charge in [-0.3, -0.25) is 4.79 Å². The van der Waals surface area contributed by atoms with Gasteiger partial charge in [-0.05, 0) is 44.4 Å². The van der Waals surface area contributed by atoms with Crippen LogP contribution in [0.3, 0.4) is 0 Å². The van der Waals surface area contributed by atoms with Gasteiger partial charge >= 0.3 is 0 Å². The van der Waals surface area contributed by atoms with E-state index in [2.05, 4.69) is 19.2 Å². The number of phenolic OH excluding ortho intramolecular Hbond substituents is 1. The third-order valence-electron chi connectivity index (χ3n) is 3.25. The molecule has 5 nitrogen and oxygen atoms in total. The van der Waals surface area contributed by atoms with Crippen molar-refractivity contribution in [3.05, 3.63) is 29.8 Å². The van der Waals surface area contributed by atoms with Crippen LogP contribution in [-0.4, -0.2) is 32.9 Å². The Morgan fingerprint density at radius 3 is 2.50 bits per heavy atom. The van der Waals surface area contributed by atoms with E-state index in [0.717, 1.165) is 25.3 Å². The minimum absolute atomic E-state index is 0.0804. The fraction of sp³-hybridized carbons (Fsp3) is 0.533. The van der Waals surface area contributed by atoms with Gasteiger partial charge in [-0.15, -0.1) is 0 Å². The molecule has 0 aliphatic carbocycles. The van der Waals surface area contributed by atoms with Crippen LogP contribution in [-0.2, 0) is 4.79 Å². The first kappa shape index (κ1) is 16.5. The van der Waals surface area contributed by atoms with E-state index in [1.165, 1.54) is 0 Å². The van der Waals surface area contributed by atoms with Crippen molar-refractivity contribution in [1.29, 1.82) is 0 Å². The van der Waals surface area contributed by atoms with Gasteiger partial charge in [0, 0.05) is 18.5 Å². The lowest BCUT2D eigenvalue weighted by Gasteiger charge is -2.24. The third-order valence-corrected chi connectivity index (χ3v) is 3.25. The summed E-state index contributed by atoms with van der Waals surface area (Å²) in [6, 6.07) is 6.92. The average molecular weight is 281 g/mol. The summed E-state index contributed by atoms with van der Waals surface area (Å²) in [5.74, 6) is -0.631. The fourth-order valence-corrected chi connectivity index (χ4v) is 2.34. The molecule has 1 fully saturated rings. The minimum Gasteiger partial charge on any atom is -0.508 e. The Labute approximate surface area is 119 Å². The summed E-state index contributed by atoms with van der Waals surface area (Å²) in [7, 11) is 0. The van der Waals surface area contributed by atoms with Crippen molar-refractivity contribution in [2.75, 3.05) is 0 Å². The van der Waals surface area contributed by atoms with Gasteiger partial charge in [0.2, 0.25) is 0 Å². The summed E-state index contributed by atoms with van der Waals surface area (Å²) < 4.78 is 0. The van der Waals surface area contributed by atoms with Gasteiger partial charge in [-0.25, -0.2) is 0 Å². The van der Waals surface area contributed by atoms with Crippen LogP contribution < -0.4 is 5.32 Å². The van der Waals surface area contributed by atoms with Gasteiger partial charge in [-0.2, -0.15) is 0 Å². The summed E-state index contributed by atoms with van der Waals surface area (Å²) >= 11 is 0. The summed E-state index contributed by atoms with van der Waals surface area (Å²) in [5, 5.41) is 30.4. The number of carboxylic acids is 1. The molecule has 4 N–H and O–H groups in total. The van der Waals surface area contributed by atoms with Gasteiger partial charge in [0.15, 0.2) is 0 Å². The SMILES string of the molecule is CC(=O)O.CC1(C)CC[C@H]([C@@H](O)c2cccc(O)c2)N1. The van der Waals surface area contributed by atoms with Crippen molar-refractivity contribution in [2.45, 2.75) is 51.3 Å². The van der Waals surface area contributed by atoms with E-state index >= 15 is 0 Å². The average Bonchev–Trinajstić information content (AvgIpc) is 2.68. The zero-order valence-electron chi connectivity index (χ0n) is 12.1. The maximum Gasteiger partial charge on any atom is 0.300 e. The number of aliphatic hydroxyl groups is 1. The Bertz CT molecular complexity index is 455. The largest absolute Gasteiger partial charge is 0.508 e. The molecule has 0 spiro atoms. The summed E-state index contributed by atoms with van der Waals surface area (Å²) in [5.41, 5.74) is 0.873. The van der Waals surface area contributed by atoms with Crippen LogP contribution in [0.2, 0.25) is 0 Å². The first-order valence-corrected chi connectivity index (χ1v) is 6.65. The van der Waals surface area contributed by atoms with Crippen molar-refractivity contribution in [2.24, 2.45) is 0 Å². The highest BCUT2D eigenvalue weighted by Gasteiger charge is 2.34. The molecule has 0 amide bonds. The van der Waals surface area contributed by atoms with Gasteiger partial charge in [-0.1, -0.05) is 12.1 Å². The number of aromatic hydroxyl groups is 1. The molecule has 0 aromatic heterocycles. The molecule has 1 aromatic carbocycles. The normalized spacial score (nSPS) is 21.7. The Morgan fingerprint density at radius 2 is 2.05 bits per heavy atom. The molecule has 1 aromatic rings. The molecular formula is C15H23NO4. The van der Waals surface area contributed by atoms with Crippen molar-refractivity contribution < 1.29 is 20.1 Å². The first-order valence-electron chi connectivity index (χ1n) is 6.65. The highest BCUT2D eigenvalue weighted by Crippen LogP contribution is 2.31. The second-order valence-corrected chi connectivity index (χ2v) is 5.73. The number of carbonyl (C=O) groups is 1. The molecule has 112 valence electrons. The number of nitrogens with one attached hydrogen (secondary N) is 1. The molecule has 2 atom stereocenters. The molecule has 0 saturated carbocycles. The van der Waals surface area contributed by atoms with Gasteiger partial charge in [0.05, 0.1) is 6.10 Å². The van der Waals surface area contributed by atoms with Crippen LogP contribution in [0.25, 0.3) is 0 Å². The van der Waals surface area contributed by atoms with Crippen LogP contribution >= 0.6 is 0 Å². The van der Waals surface area contributed by atoms with E-state index in [9.17, 15) is 10.2 Å². The number of rotatable bonds is 2. The lowest BCUT2D eigenvalue weighted by molar-refractivity contribution is -0.134. The molecule has 5 heteroatoms. The van der Waals surface area contributed by atoms with E-state index < -0.39 is 12.1 Å². The van der Waals surface area contributed by atoms with Gasteiger partial charge in [0.25, 0.3) is 5.97 Å². The van der Waals surface area contributed by atoms with Gasteiger partial charge < -0.3 is 20.6 Å². The molecule has 1 aliphatic rings. The summed E-state index contributed by atoms with van der Waals surface area (Å²) in [6.07, 6.45) is 1.48. The van der Waals surface area contributed by atoms with Gasteiger partial charge in [0.1, 0.15) is 5.75 Å². The van der Waals surface area contributed by atoms with Crippen LogP contribution in [0.1, 0.15) is 45.3 Å². The predicted octanol–water partition coefficient (Wildman–Crippen LogP) is 2.05. The van der Waals surface area contributed by atoms with Crippen LogP contribution in [0.15, 0.2) is 24.3 Å². The van der Waals surface area contributed by atoms with E-state index in [1.807, 2.05) is 6.07 Å². The van der Waals surface area contributed by atoms with Crippen LogP contribution in [0.4, 0.5) is 0 Å². The highest BCUT2D eigenvalue weighted by molar-refractivity contribution is 5.62. The Hall–Kier alpha value is -1.59. The Morgan fingerprint density at radius 1 is 1.45 bits per heavy atom. The first-order chi connectivity index (χ1) is 9.21. The standard InChI is InChI=1S/C13H19NO2.C2H4O2/c1-13(2)7-6-11(14-13)12(16)9-4-3-5-10(15)8-9;1-2(3)4/h3-5,8,11-12,14-16H,6-7H2,1-2H3;1H3,(H,3,4)/t11-,12+;/m1./s1. The second kappa shape index (κ2) is 6.72. The number of aliphatic carboxylic acids is 1. The topological polar surface area (TPSA) is 89.8 Å². The molecule has 1 saturated heterocycles. The highest BCUT2D eigenvalue weighted by atomic mass is 16.4. The monoisotopic (exact) mass is 281 g/mol. The molecule has 0 bridgehead atoms. The molecular weight excluding hydrogens is 258 g/mol. The molecule has 1 aliphatic heterocycles. The van der Waals surface area contributed by atoms with Crippen LogP contribution in [0, 0.1) is 0 Å². The Kier molecular flexibility index (Phi) is 5.53. The number of hydrogen-bond acceptors (Lipinski definition) is 4. The van der Waals surface area contributed by atoms with Crippen molar-refractivity contribution in [3.8, 4) is 5.75 Å². The maximum absolute atomic E-state index is 10.2.